The molecule has 1 saturated carbocycles. The number of ether oxygens (including phenoxy) is 1. The van der Waals surface area contributed by atoms with Gasteiger partial charge in [0.05, 0.1) is 25.7 Å². The van der Waals surface area contributed by atoms with E-state index in [2.05, 4.69) is 5.32 Å². The Kier molecular flexibility index (Phi) is 5.43. The molecule has 0 amide bonds. The molecule has 2 N–H and O–H groups in total. The van der Waals surface area contributed by atoms with Crippen molar-refractivity contribution in [3.8, 4) is 0 Å². The molecular weight excluding hydrogens is 247 g/mol. The minimum absolute atomic E-state index is 0.00961. The maximum Gasteiger partial charge on any atom is 0.391 e. The standard InChI is InChI=1S/C12H22F3NO2/c1-9(2)16-11(8-17)4-3-10(7-11)18-6-5-12(13,14)15/h9-10,16-17H,3-8H2,1-2H3. The van der Waals surface area contributed by atoms with Crippen LogP contribution in [0.1, 0.15) is 39.5 Å². The van der Waals surface area contributed by atoms with Gasteiger partial charge in [0, 0.05) is 11.6 Å². The second kappa shape index (κ2) is 6.21. The normalized spacial score (nSPS) is 29.2. The number of aliphatic hydroxyl groups is 1. The van der Waals surface area contributed by atoms with Crippen LogP contribution in [0.2, 0.25) is 0 Å². The lowest BCUT2D eigenvalue weighted by molar-refractivity contribution is -0.149. The van der Waals surface area contributed by atoms with E-state index in [0.29, 0.717) is 12.8 Å². The summed E-state index contributed by atoms with van der Waals surface area (Å²) in [5.41, 5.74) is -0.392. The van der Waals surface area contributed by atoms with Crippen molar-refractivity contribution in [3.05, 3.63) is 0 Å². The molecule has 0 bridgehead atoms. The summed E-state index contributed by atoms with van der Waals surface area (Å²) >= 11 is 0. The van der Waals surface area contributed by atoms with E-state index in [0.717, 1.165) is 6.42 Å². The van der Waals surface area contributed by atoms with Crippen molar-refractivity contribution in [2.75, 3.05) is 13.2 Å². The monoisotopic (exact) mass is 269 g/mol. The zero-order chi connectivity index (χ0) is 13.8. The van der Waals surface area contributed by atoms with Gasteiger partial charge in [-0.05, 0) is 19.3 Å². The Morgan fingerprint density at radius 2 is 2.11 bits per heavy atom. The number of aliphatic hydroxyl groups excluding tert-OH is 1. The van der Waals surface area contributed by atoms with Gasteiger partial charge in [0.25, 0.3) is 0 Å². The molecule has 0 heterocycles. The van der Waals surface area contributed by atoms with E-state index in [1.807, 2.05) is 13.8 Å². The lowest BCUT2D eigenvalue weighted by atomic mass is 9.97. The molecule has 1 rings (SSSR count). The van der Waals surface area contributed by atoms with Gasteiger partial charge in [-0.1, -0.05) is 13.8 Å². The SMILES string of the molecule is CC(C)NC1(CO)CCC(OCCC(F)(F)F)C1. The van der Waals surface area contributed by atoms with Crippen LogP contribution in [0.3, 0.4) is 0 Å². The van der Waals surface area contributed by atoms with Crippen molar-refractivity contribution in [2.45, 2.75) is 63.4 Å². The molecule has 0 aromatic heterocycles. The first-order valence-corrected chi connectivity index (χ1v) is 6.33. The Labute approximate surface area is 106 Å². The summed E-state index contributed by atoms with van der Waals surface area (Å²) in [7, 11) is 0. The van der Waals surface area contributed by atoms with E-state index in [9.17, 15) is 18.3 Å². The van der Waals surface area contributed by atoms with E-state index in [4.69, 9.17) is 4.74 Å². The second-order valence-electron chi connectivity index (χ2n) is 5.34. The summed E-state index contributed by atoms with van der Waals surface area (Å²) in [6.45, 7) is 3.66. The Hall–Kier alpha value is -0.330. The van der Waals surface area contributed by atoms with E-state index in [1.54, 1.807) is 0 Å². The highest BCUT2D eigenvalue weighted by Gasteiger charge is 2.39. The van der Waals surface area contributed by atoms with Gasteiger partial charge in [-0.15, -0.1) is 0 Å². The number of halogens is 3. The van der Waals surface area contributed by atoms with E-state index >= 15 is 0 Å². The molecule has 0 aromatic carbocycles. The van der Waals surface area contributed by atoms with Crippen molar-refractivity contribution in [2.24, 2.45) is 0 Å². The van der Waals surface area contributed by atoms with Crippen LogP contribution in [-0.4, -0.2) is 42.2 Å². The van der Waals surface area contributed by atoms with Crippen molar-refractivity contribution >= 4 is 0 Å². The third-order valence-corrected chi connectivity index (χ3v) is 3.20. The van der Waals surface area contributed by atoms with Crippen molar-refractivity contribution in [1.29, 1.82) is 0 Å². The van der Waals surface area contributed by atoms with Gasteiger partial charge >= 0.3 is 6.18 Å². The largest absolute Gasteiger partial charge is 0.394 e. The molecule has 1 aliphatic carbocycles. The van der Waals surface area contributed by atoms with Gasteiger partial charge in [-0.3, -0.25) is 0 Å². The van der Waals surface area contributed by atoms with Gasteiger partial charge in [-0.2, -0.15) is 13.2 Å². The van der Waals surface area contributed by atoms with E-state index in [1.165, 1.54) is 0 Å². The van der Waals surface area contributed by atoms with Crippen LogP contribution in [-0.2, 0) is 4.74 Å². The number of hydrogen-bond acceptors (Lipinski definition) is 3. The molecular formula is C12H22F3NO2. The highest BCUT2D eigenvalue weighted by atomic mass is 19.4. The number of nitrogens with one attached hydrogen (secondary N) is 1. The van der Waals surface area contributed by atoms with Crippen molar-refractivity contribution in [1.82, 2.24) is 5.32 Å². The molecule has 18 heavy (non-hydrogen) atoms. The van der Waals surface area contributed by atoms with Crippen molar-refractivity contribution in [3.63, 3.8) is 0 Å². The first-order chi connectivity index (χ1) is 8.26. The topological polar surface area (TPSA) is 41.5 Å². The Balaban J connectivity index is 2.35. The Morgan fingerprint density at radius 3 is 2.61 bits per heavy atom. The number of hydrogen-bond donors (Lipinski definition) is 2. The van der Waals surface area contributed by atoms with E-state index < -0.39 is 18.1 Å². The van der Waals surface area contributed by atoms with Gasteiger partial charge < -0.3 is 15.2 Å². The molecule has 1 aliphatic rings. The molecule has 0 saturated heterocycles. The first kappa shape index (κ1) is 15.7. The molecule has 0 radical (unpaired) electrons. The molecule has 0 aliphatic heterocycles. The zero-order valence-corrected chi connectivity index (χ0v) is 10.9. The highest BCUT2D eigenvalue weighted by molar-refractivity contribution is 4.97. The zero-order valence-electron chi connectivity index (χ0n) is 10.9. The molecule has 6 heteroatoms. The lowest BCUT2D eigenvalue weighted by Crippen LogP contribution is -2.50. The third-order valence-electron chi connectivity index (χ3n) is 3.20. The highest BCUT2D eigenvalue weighted by Crippen LogP contribution is 2.32. The van der Waals surface area contributed by atoms with Crippen LogP contribution in [0.4, 0.5) is 13.2 Å². The fourth-order valence-electron chi connectivity index (χ4n) is 2.49. The van der Waals surface area contributed by atoms with Gasteiger partial charge in [0.1, 0.15) is 0 Å². The van der Waals surface area contributed by atoms with Crippen LogP contribution in [0.15, 0.2) is 0 Å². The Morgan fingerprint density at radius 1 is 1.44 bits per heavy atom. The third kappa shape index (κ3) is 5.12. The number of rotatable bonds is 6. The quantitative estimate of drug-likeness (QED) is 0.777. The summed E-state index contributed by atoms with van der Waals surface area (Å²) in [6, 6.07) is 0.228. The predicted octanol–water partition coefficient (Wildman–Crippen LogP) is 2.24. The smallest absolute Gasteiger partial charge is 0.391 e. The first-order valence-electron chi connectivity index (χ1n) is 6.33. The molecule has 0 aromatic rings. The fraction of sp³-hybridized carbons (Fsp3) is 1.00. The molecule has 2 unspecified atom stereocenters. The summed E-state index contributed by atoms with van der Waals surface area (Å²) in [5.74, 6) is 0. The van der Waals surface area contributed by atoms with Crippen LogP contribution in [0, 0.1) is 0 Å². The van der Waals surface area contributed by atoms with Crippen LogP contribution in [0.25, 0.3) is 0 Å². The van der Waals surface area contributed by atoms with Crippen LogP contribution in [0.5, 0.6) is 0 Å². The lowest BCUT2D eigenvalue weighted by Gasteiger charge is -2.31. The Bertz CT molecular complexity index is 258. The van der Waals surface area contributed by atoms with Gasteiger partial charge in [0.15, 0.2) is 0 Å². The minimum atomic E-state index is -4.16. The summed E-state index contributed by atoms with van der Waals surface area (Å²) in [6.07, 6.45) is -3.27. The fourth-order valence-corrected chi connectivity index (χ4v) is 2.49. The van der Waals surface area contributed by atoms with Crippen molar-refractivity contribution < 1.29 is 23.0 Å². The summed E-state index contributed by atoms with van der Waals surface area (Å²) < 4.78 is 41.2. The van der Waals surface area contributed by atoms with Crippen LogP contribution < -0.4 is 5.32 Å². The van der Waals surface area contributed by atoms with E-state index in [-0.39, 0.29) is 25.4 Å². The maximum absolute atomic E-state index is 12.0. The van der Waals surface area contributed by atoms with Gasteiger partial charge in [-0.25, -0.2) is 0 Å². The average molecular weight is 269 g/mol. The summed E-state index contributed by atoms with van der Waals surface area (Å²) in [5, 5.41) is 12.7. The molecule has 0 spiro atoms. The summed E-state index contributed by atoms with van der Waals surface area (Å²) in [4.78, 5) is 0. The molecule has 3 nitrogen and oxygen atoms in total. The number of alkyl halides is 3. The van der Waals surface area contributed by atoms with Crippen LogP contribution >= 0.6 is 0 Å². The minimum Gasteiger partial charge on any atom is -0.394 e. The maximum atomic E-state index is 12.0. The molecule has 2 atom stereocenters. The molecule has 108 valence electrons. The predicted molar refractivity (Wildman–Crippen MR) is 62.4 cm³/mol. The van der Waals surface area contributed by atoms with Gasteiger partial charge in [0.2, 0.25) is 0 Å². The second-order valence-corrected chi connectivity index (χ2v) is 5.34. The average Bonchev–Trinajstić information content (AvgIpc) is 2.59. The molecule has 1 fully saturated rings.